The van der Waals surface area contributed by atoms with Crippen LogP contribution < -0.4 is 5.32 Å². The Labute approximate surface area is 69.6 Å². The fourth-order valence-electron chi connectivity index (χ4n) is 1.14. The zero-order valence-electron chi connectivity index (χ0n) is 6.36. The molecule has 0 radical (unpaired) electrons. The maximum Gasteiger partial charge on any atom is 0.407 e. The third-order valence-electron chi connectivity index (χ3n) is 1.74. The highest BCUT2D eigenvalue weighted by Crippen LogP contribution is 2.18. The van der Waals surface area contributed by atoms with E-state index < -0.39 is 0 Å². The summed E-state index contributed by atoms with van der Waals surface area (Å²) in [4.78, 5) is 14.6. The molecule has 0 saturated carbocycles. The lowest BCUT2D eigenvalue weighted by Gasteiger charge is -2.05. The summed E-state index contributed by atoms with van der Waals surface area (Å²) in [6.45, 7) is 0.532. The second-order valence-electron chi connectivity index (χ2n) is 2.56. The third kappa shape index (κ3) is 1.23. The van der Waals surface area contributed by atoms with Gasteiger partial charge in [0.05, 0.1) is 6.54 Å². The Morgan fingerprint density at radius 3 is 3.17 bits per heavy atom. The van der Waals surface area contributed by atoms with E-state index in [1.54, 1.807) is 12.4 Å². The number of aromatic nitrogens is 1. The quantitative estimate of drug-likeness (QED) is 0.669. The van der Waals surface area contributed by atoms with E-state index in [1.807, 2.05) is 12.1 Å². The number of hydrogen-bond donors (Lipinski definition) is 1. The number of cyclic esters (lactones) is 1. The average Bonchev–Trinajstić information content (AvgIpc) is 2.54. The molecule has 0 unspecified atom stereocenters. The number of rotatable bonds is 1. The Bertz CT molecular complexity index is 286. The first-order valence-corrected chi connectivity index (χ1v) is 3.70. The van der Waals surface area contributed by atoms with Crippen LogP contribution in [0.15, 0.2) is 24.5 Å². The van der Waals surface area contributed by atoms with Gasteiger partial charge in [-0.15, -0.1) is 0 Å². The number of ether oxygens (including phenoxy) is 1. The topological polar surface area (TPSA) is 51.2 Å². The lowest BCUT2D eigenvalue weighted by molar-refractivity contribution is 0.141. The van der Waals surface area contributed by atoms with Crippen molar-refractivity contribution < 1.29 is 9.53 Å². The minimum atomic E-state index is -0.358. The summed E-state index contributed by atoms with van der Waals surface area (Å²) in [5.41, 5.74) is 0.927. The molecule has 0 bridgehead atoms. The van der Waals surface area contributed by atoms with Crippen molar-refractivity contribution in [3.05, 3.63) is 30.1 Å². The molecule has 1 atom stereocenters. The van der Waals surface area contributed by atoms with Gasteiger partial charge >= 0.3 is 6.09 Å². The van der Waals surface area contributed by atoms with Gasteiger partial charge in [-0.05, 0) is 6.07 Å². The van der Waals surface area contributed by atoms with Gasteiger partial charge in [-0.2, -0.15) is 0 Å². The second-order valence-corrected chi connectivity index (χ2v) is 2.56. The van der Waals surface area contributed by atoms with Gasteiger partial charge in [0.1, 0.15) is 6.10 Å². The van der Waals surface area contributed by atoms with Crippen LogP contribution in [-0.4, -0.2) is 17.6 Å². The molecular weight excluding hydrogens is 156 g/mol. The molecule has 1 saturated heterocycles. The minimum absolute atomic E-state index is 0.175. The van der Waals surface area contributed by atoms with Crippen molar-refractivity contribution in [2.75, 3.05) is 6.54 Å². The largest absolute Gasteiger partial charge is 0.439 e. The smallest absolute Gasteiger partial charge is 0.407 e. The first-order valence-electron chi connectivity index (χ1n) is 3.70. The summed E-state index contributed by atoms with van der Waals surface area (Å²) in [5.74, 6) is 0. The molecule has 1 aliphatic heterocycles. The zero-order valence-corrected chi connectivity index (χ0v) is 6.36. The molecule has 2 heterocycles. The van der Waals surface area contributed by atoms with Crippen molar-refractivity contribution in [1.82, 2.24) is 10.3 Å². The molecule has 0 aliphatic carbocycles. The second kappa shape index (κ2) is 2.81. The molecule has 1 aromatic rings. The highest BCUT2D eigenvalue weighted by molar-refractivity contribution is 5.69. The lowest BCUT2D eigenvalue weighted by atomic mass is 10.2. The molecule has 0 spiro atoms. The van der Waals surface area contributed by atoms with Crippen LogP contribution in [0.5, 0.6) is 0 Å². The fraction of sp³-hybridized carbons (Fsp3) is 0.250. The van der Waals surface area contributed by atoms with Crippen molar-refractivity contribution in [3.8, 4) is 0 Å². The molecule has 4 heteroatoms. The summed E-state index contributed by atoms with van der Waals surface area (Å²) in [6, 6.07) is 3.71. The van der Waals surface area contributed by atoms with Crippen molar-refractivity contribution in [2.45, 2.75) is 6.10 Å². The molecule has 12 heavy (non-hydrogen) atoms. The number of pyridine rings is 1. The third-order valence-corrected chi connectivity index (χ3v) is 1.74. The molecule has 1 N–H and O–H groups in total. The average molecular weight is 164 g/mol. The van der Waals surface area contributed by atoms with Crippen LogP contribution in [0.1, 0.15) is 11.7 Å². The Kier molecular flexibility index (Phi) is 1.66. The van der Waals surface area contributed by atoms with E-state index in [0.29, 0.717) is 6.54 Å². The summed E-state index contributed by atoms with van der Waals surface area (Å²) < 4.78 is 4.96. The van der Waals surface area contributed by atoms with Crippen LogP contribution in [0.25, 0.3) is 0 Å². The molecule has 2 rings (SSSR count). The summed E-state index contributed by atoms with van der Waals surface area (Å²) in [6.07, 6.45) is 2.86. The monoisotopic (exact) mass is 164 g/mol. The fourth-order valence-corrected chi connectivity index (χ4v) is 1.14. The van der Waals surface area contributed by atoms with E-state index >= 15 is 0 Å². The van der Waals surface area contributed by atoms with Crippen molar-refractivity contribution >= 4 is 6.09 Å². The van der Waals surface area contributed by atoms with E-state index in [1.165, 1.54) is 0 Å². The number of nitrogens with one attached hydrogen (secondary N) is 1. The number of amides is 1. The number of alkyl carbamates (subject to hydrolysis) is 1. The van der Waals surface area contributed by atoms with Gasteiger partial charge in [0, 0.05) is 18.0 Å². The SMILES string of the molecule is O=C1NC[C@H](c2cccnc2)O1. The first-order chi connectivity index (χ1) is 5.86. The van der Waals surface area contributed by atoms with Gasteiger partial charge in [-0.1, -0.05) is 6.07 Å². The molecule has 4 nitrogen and oxygen atoms in total. The highest BCUT2D eigenvalue weighted by atomic mass is 16.6. The van der Waals surface area contributed by atoms with Crippen molar-refractivity contribution in [3.63, 3.8) is 0 Å². The minimum Gasteiger partial charge on any atom is -0.439 e. The predicted molar refractivity (Wildman–Crippen MR) is 41.5 cm³/mol. The van der Waals surface area contributed by atoms with Crippen LogP contribution >= 0.6 is 0 Å². The molecule has 1 aromatic heterocycles. The number of hydrogen-bond acceptors (Lipinski definition) is 3. The maximum absolute atomic E-state index is 10.7. The first kappa shape index (κ1) is 7.09. The van der Waals surface area contributed by atoms with Crippen molar-refractivity contribution in [1.29, 1.82) is 0 Å². The molecular formula is C8H8N2O2. The molecule has 0 aromatic carbocycles. The van der Waals surface area contributed by atoms with E-state index in [4.69, 9.17) is 4.74 Å². The molecule has 62 valence electrons. The Balaban J connectivity index is 2.16. The van der Waals surface area contributed by atoms with Gasteiger partial charge < -0.3 is 10.1 Å². The van der Waals surface area contributed by atoms with Gasteiger partial charge in [-0.3, -0.25) is 4.98 Å². The summed E-state index contributed by atoms with van der Waals surface area (Å²) in [7, 11) is 0. The van der Waals surface area contributed by atoms with E-state index in [9.17, 15) is 4.79 Å². The number of carbonyl (C=O) groups is 1. The van der Waals surface area contributed by atoms with Crippen LogP contribution in [0, 0.1) is 0 Å². The van der Waals surface area contributed by atoms with Gasteiger partial charge in [-0.25, -0.2) is 4.79 Å². The standard InChI is InChI=1S/C8H8N2O2/c11-8-10-5-7(12-8)6-2-1-3-9-4-6/h1-4,7H,5H2,(H,10,11)/t7-/m1/s1. The Morgan fingerprint density at radius 2 is 2.58 bits per heavy atom. The van der Waals surface area contributed by atoms with Crippen LogP contribution in [0.3, 0.4) is 0 Å². The van der Waals surface area contributed by atoms with Gasteiger partial charge in [0.25, 0.3) is 0 Å². The highest BCUT2D eigenvalue weighted by Gasteiger charge is 2.23. The number of carbonyl (C=O) groups excluding carboxylic acids is 1. The van der Waals surface area contributed by atoms with Crippen molar-refractivity contribution in [2.24, 2.45) is 0 Å². The van der Waals surface area contributed by atoms with E-state index in [2.05, 4.69) is 10.3 Å². The van der Waals surface area contributed by atoms with Gasteiger partial charge in [0.2, 0.25) is 0 Å². The number of nitrogens with zero attached hydrogens (tertiary/aromatic N) is 1. The van der Waals surface area contributed by atoms with E-state index in [-0.39, 0.29) is 12.2 Å². The normalized spacial score (nSPS) is 21.7. The van der Waals surface area contributed by atoms with Crippen LogP contribution in [0.4, 0.5) is 4.79 Å². The van der Waals surface area contributed by atoms with Crippen LogP contribution in [0.2, 0.25) is 0 Å². The molecule has 1 aliphatic rings. The predicted octanol–water partition coefficient (Wildman–Crippen LogP) is 0.863. The zero-order chi connectivity index (χ0) is 8.39. The maximum atomic E-state index is 10.7. The van der Waals surface area contributed by atoms with Crippen LogP contribution in [-0.2, 0) is 4.74 Å². The summed E-state index contributed by atoms with van der Waals surface area (Å²) >= 11 is 0. The Hall–Kier alpha value is -1.58. The summed E-state index contributed by atoms with van der Waals surface area (Å²) in [5, 5.41) is 2.58. The molecule has 1 amide bonds. The van der Waals surface area contributed by atoms with E-state index in [0.717, 1.165) is 5.56 Å². The van der Waals surface area contributed by atoms with Gasteiger partial charge in [0.15, 0.2) is 0 Å². The lowest BCUT2D eigenvalue weighted by Crippen LogP contribution is -2.12. The Morgan fingerprint density at radius 1 is 1.67 bits per heavy atom. The molecule has 1 fully saturated rings.